The fraction of sp³-hybridized carbons (Fsp3) is 0. The topological polar surface area (TPSA) is 84.3 Å². The number of nitrogens with one attached hydrogen (secondary N) is 2. The second-order valence-electron chi connectivity index (χ2n) is 4.01. The number of urea groups is 1. The number of carbonyl (C=O) groups is 1. The van der Waals surface area contributed by atoms with Crippen molar-refractivity contribution in [2.45, 2.75) is 0 Å². The van der Waals surface area contributed by atoms with Crippen molar-refractivity contribution in [1.82, 2.24) is 0 Å². The molecule has 0 unspecified atom stereocenters. The van der Waals surface area contributed by atoms with Gasteiger partial charge in [0.2, 0.25) is 0 Å². The molecule has 0 aliphatic carbocycles. The molecule has 0 aromatic heterocycles. The second-order valence-corrected chi connectivity index (χ2v) is 5.30. The highest BCUT2D eigenvalue weighted by Crippen LogP contribution is 2.27. The number of nitro benzene ring substituents is 1. The number of benzene rings is 2. The lowest BCUT2D eigenvalue weighted by atomic mass is 10.3. The summed E-state index contributed by atoms with van der Waals surface area (Å²) in [5.74, 6) is 0. The molecule has 0 aliphatic heterocycles. The van der Waals surface area contributed by atoms with Gasteiger partial charge in [-0.05, 0) is 46.3 Å². The Labute approximate surface area is 133 Å². The van der Waals surface area contributed by atoms with Crippen molar-refractivity contribution < 1.29 is 9.72 Å². The van der Waals surface area contributed by atoms with Crippen LogP contribution < -0.4 is 10.6 Å². The van der Waals surface area contributed by atoms with Crippen LogP contribution in [-0.4, -0.2) is 11.0 Å². The van der Waals surface area contributed by atoms with Crippen LogP contribution in [0.1, 0.15) is 0 Å². The van der Waals surface area contributed by atoms with Gasteiger partial charge in [0.05, 0.1) is 10.6 Å². The number of rotatable bonds is 3. The number of anilines is 2. The highest BCUT2D eigenvalue weighted by atomic mass is 79.9. The van der Waals surface area contributed by atoms with Crippen molar-refractivity contribution in [3.63, 3.8) is 0 Å². The average molecular weight is 371 g/mol. The first-order chi connectivity index (χ1) is 9.95. The number of carbonyl (C=O) groups excluding carboxylic acids is 1. The Kier molecular flexibility index (Phi) is 4.77. The molecule has 108 valence electrons. The highest BCUT2D eigenvalue weighted by Gasteiger charge is 2.11. The third-order valence-electron chi connectivity index (χ3n) is 2.51. The van der Waals surface area contributed by atoms with Crippen LogP contribution >= 0.6 is 27.5 Å². The SMILES string of the molecule is O=C(Nc1ccc(Cl)cc1)Nc1ccc([N+](=O)[O-])cc1Br. The zero-order valence-corrected chi connectivity index (χ0v) is 12.8. The summed E-state index contributed by atoms with van der Waals surface area (Å²) in [6.07, 6.45) is 0. The van der Waals surface area contributed by atoms with Crippen LogP contribution in [0.25, 0.3) is 0 Å². The van der Waals surface area contributed by atoms with E-state index in [1.54, 1.807) is 24.3 Å². The van der Waals surface area contributed by atoms with E-state index < -0.39 is 11.0 Å². The maximum Gasteiger partial charge on any atom is 0.323 e. The van der Waals surface area contributed by atoms with Gasteiger partial charge < -0.3 is 10.6 Å². The van der Waals surface area contributed by atoms with Gasteiger partial charge in [-0.25, -0.2) is 4.79 Å². The number of non-ortho nitro benzene ring substituents is 1. The molecule has 0 bridgehead atoms. The lowest BCUT2D eigenvalue weighted by Crippen LogP contribution is -2.19. The number of nitro groups is 1. The third kappa shape index (κ3) is 4.17. The second kappa shape index (κ2) is 6.55. The Morgan fingerprint density at radius 2 is 1.81 bits per heavy atom. The van der Waals surface area contributed by atoms with E-state index in [9.17, 15) is 14.9 Å². The maximum atomic E-state index is 11.8. The molecule has 2 rings (SSSR count). The minimum absolute atomic E-state index is 0.0643. The van der Waals surface area contributed by atoms with E-state index in [1.165, 1.54) is 18.2 Å². The van der Waals surface area contributed by atoms with Crippen molar-refractivity contribution >= 4 is 50.6 Å². The van der Waals surface area contributed by atoms with Gasteiger partial charge in [-0.3, -0.25) is 10.1 Å². The van der Waals surface area contributed by atoms with Gasteiger partial charge in [0.1, 0.15) is 0 Å². The summed E-state index contributed by atoms with van der Waals surface area (Å²) in [4.78, 5) is 21.9. The Morgan fingerprint density at radius 1 is 1.14 bits per heavy atom. The van der Waals surface area contributed by atoms with Gasteiger partial charge in [0, 0.05) is 27.3 Å². The standard InChI is InChI=1S/C13H9BrClN3O3/c14-11-7-10(18(20)21)5-6-12(11)17-13(19)16-9-3-1-8(15)2-4-9/h1-7H,(H2,16,17,19). The molecular formula is C13H9BrClN3O3. The number of amides is 2. The van der Waals surface area contributed by atoms with E-state index in [-0.39, 0.29) is 5.69 Å². The molecule has 6 nitrogen and oxygen atoms in total. The molecule has 2 aromatic carbocycles. The molecule has 0 atom stereocenters. The molecule has 2 N–H and O–H groups in total. The van der Waals surface area contributed by atoms with Gasteiger partial charge in [-0.1, -0.05) is 11.6 Å². The molecule has 2 amide bonds. The van der Waals surface area contributed by atoms with Crippen molar-refractivity contribution in [3.05, 3.63) is 62.1 Å². The molecule has 0 spiro atoms. The monoisotopic (exact) mass is 369 g/mol. The van der Waals surface area contributed by atoms with Crippen LogP contribution in [0.3, 0.4) is 0 Å². The van der Waals surface area contributed by atoms with Crippen molar-refractivity contribution in [1.29, 1.82) is 0 Å². The van der Waals surface area contributed by atoms with Gasteiger partial charge >= 0.3 is 6.03 Å². The van der Waals surface area contributed by atoms with Gasteiger partial charge in [0.25, 0.3) is 5.69 Å². The predicted molar refractivity (Wildman–Crippen MR) is 84.9 cm³/mol. The van der Waals surface area contributed by atoms with Crippen molar-refractivity contribution in [3.8, 4) is 0 Å². The quantitative estimate of drug-likeness (QED) is 0.609. The van der Waals surface area contributed by atoms with E-state index in [1.807, 2.05) is 0 Å². The summed E-state index contributed by atoms with van der Waals surface area (Å²) in [7, 11) is 0. The normalized spacial score (nSPS) is 10.0. The fourth-order valence-corrected chi connectivity index (χ4v) is 2.13. The Morgan fingerprint density at radius 3 is 2.38 bits per heavy atom. The predicted octanol–water partition coefficient (Wildman–Crippen LogP) is 4.65. The zero-order valence-electron chi connectivity index (χ0n) is 10.5. The number of nitrogens with zero attached hydrogens (tertiary/aromatic N) is 1. The van der Waals surface area contributed by atoms with Gasteiger partial charge in [0.15, 0.2) is 0 Å². The summed E-state index contributed by atoms with van der Waals surface area (Å²) < 4.78 is 0.419. The van der Waals surface area contributed by atoms with E-state index in [4.69, 9.17) is 11.6 Å². The molecule has 2 aromatic rings. The van der Waals surface area contributed by atoms with Crippen LogP contribution in [0.2, 0.25) is 5.02 Å². The molecule has 0 aliphatic rings. The molecular weight excluding hydrogens is 362 g/mol. The third-order valence-corrected chi connectivity index (χ3v) is 3.42. The molecule has 0 fully saturated rings. The fourth-order valence-electron chi connectivity index (χ4n) is 1.54. The summed E-state index contributed by atoms with van der Waals surface area (Å²) in [6, 6.07) is 10.2. The summed E-state index contributed by atoms with van der Waals surface area (Å²) in [5.41, 5.74) is 0.938. The Bertz CT molecular complexity index is 692. The first-order valence-electron chi connectivity index (χ1n) is 5.73. The summed E-state index contributed by atoms with van der Waals surface area (Å²) >= 11 is 8.92. The molecule has 0 radical (unpaired) electrons. The summed E-state index contributed by atoms with van der Waals surface area (Å²) in [6.45, 7) is 0. The van der Waals surface area contributed by atoms with Gasteiger partial charge in [-0.2, -0.15) is 0 Å². The molecule has 21 heavy (non-hydrogen) atoms. The maximum absolute atomic E-state index is 11.8. The minimum atomic E-state index is -0.512. The first kappa shape index (κ1) is 15.3. The largest absolute Gasteiger partial charge is 0.323 e. The average Bonchev–Trinajstić information content (AvgIpc) is 2.43. The number of hydrogen-bond donors (Lipinski definition) is 2. The van der Waals surface area contributed by atoms with Crippen LogP contribution in [0.4, 0.5) is 21.9 Å². The van der Waals surface area contributed by atoms with Crippen molar-refractivity contribution in [2.75, 3.05) is 10.6 Å². The Hall–Kier alpha value is -2.12. The first-order valence-corrected chi connectivity index (χ1v) is 6.90. The van der Waals surface area contributed by atoms with Crippen LogP contribution in [-0.2, 0) is 0 Å². The van der Waals surface area contributed by atoms with E-state index >= 15 is 0 Å². The minimum Gasteiger partial charge on any atom is -0.308 e. The molecule has 0 saturated carbocycles. The van der Waals surface area contributed by atoms with Crippen LogP contribution in [0.5, 0.6) is 0 Å². The summed E-state index contributed by atoms with van der Waals surface area (Å²) in [5, 5.41) is 16.4. The molecule has 0 saturated heterocycles. The van der Waals surface area contributed by atoms with E-state index in [0.717, 1.165) is 0 Å². The lowest BCUT2D eigenvalue weighted by Gasteiger charge is -2.09. The molecule has 8 heteroatoms. The van der Waals surface area contributed by atoms with Crippen molar-refractivity contribution in [2.24, 2.45) is 0 Å². The van der Waals surface area contributed by atoms with Crippen LogP contribution in [0, 0.1) is 10.1 Å². The Balaban J connectivity index is 2.06. The zero-order chi connectivity index (χ0) is 15.4. The van der Waals surface area contributed by atoms with E-state index in [0.29, 0.717) is 20.9 Å². The smallest absolute Gasteiger partial charge is 0.308 e. The van der Waals surface area contributed by atoms with Crippen LogP contribution in [0.15, 0.2) is 46.9 Å². The van der Waals surface area contributed by atoms with E-state index in [2.05, 4.69) is 26.6 Å². The number of hydrogen-bond acceptors (Lipinski definition) is 3. The highest BCUT2D eigenvalue weighted by molar-refractivity contribution is 9.10. The number of halogens is 2. The lowest BCUT2D eigenvalue weighted by molar-refractivity contribution is -0.384. The molecule has 0 heterocycles. The van der Waals surface area contributed by atoms with Gasteiger partial charge in [-0.15, -0.1) is 0 Å².